The Balaban J connectivity index is 1.20. The Kier molecular flexibility index (Phi) is 5.98. The number of aryl methyl sites for hydroxylation is 2. The lowest BCUT2D eigenvalue weighted by molar-refractivity contribution is -0.688. The highest BCUT2D eigenvalue weighted by molar-refractivity contribution is 5.13. The molecule has 0 bridgehead atoms. The van der Waals surface area contributed by atoms with E-state index in [1.165, 1.54) is 24.0 Å². The third-order valence-electron chi connectivity index (χ3n) is 4.99. The molecule has 0 fully saturated rings. The van der Waals surface area contributed by atoms with Crippen LogP contribution in [0.3, 0.4) is 0 Å². The van der Waals surface area contributed by atoms with Crippen molar-refractivity contribution in [3.05, 3.63) is 109 Å². The number of nitrogens with zero attached hydrogens (tertiary/aromatic N) is 4. The minimum absolute atomic E-state index is 0.929. The summed E-state index contributed by atoms with van der Waals surface area (Å²) in [6.45, 7) is 3.98. The number of imidazole rings is 2. The lowest BCUT2D eigenvalue weighted by Crippen LogP contribution is -2.31. The highest BCUT2D eigenvalue weighted by atomic mass is 15.1. The van der Waals surface area contributed by atoms with Crippen molar-refractivity contribution in [1.82, 2.24) is 9.13 Å². The summed E-state index contributed by atoms with van der Waals surface area (Å²) in [5.41, 5.74) is 2.67. The largest absolute Gasteiger partial charge is 0.244 e. The first kappa shape index (κ1) is 18.2. The summed E-state index contributed by atoms with van der Waals surface area (Å²) in [5.74, 6) is 0. The molecule has 2 aromatic carbocycles. The Morgan fingerprint density at radius 3 is 1.43 bits per heavy atom. The summed E-state index contributed by atoms with van der Waals surface area (Å²) in [6, 6.07) is 21.2. The van der Waals surface area contributed by atoms with E-state index in [4.69, 9.17) is 0 Å². The van der Waals surface area contributed by atoms with Crippen molar-refractivity contribution < 1.29 is 9.13 Å². The summed E-state index contributed by atoms with van der Waals surface area (Å²) in [6.07, 6.45) is 15.4. The molecule has 0 saturated heterocycles. The van der Waals surface area contributed by atoms with Crippen LogP contribution in [0.5, 0.6) is 0 Å². The zero-order valence-corrected chi connectivity index (χ0v) is 16.3. The van der Waals surface area contributed by atoms with Crippen LogP contribution in [0.4, 0.5) is 0 Å². The number of benzene rings is 2. The molecule has 0 N–H and O–H groups in total. The molecule has 4 nitrogen and oxygen atoms in total. The fraction of sp³-hybridized carbons (Fsp3) is 0.250. The molecule has 0 radical (unpaired) electrons. The average molecular weight is 373 g/mol. The van der Waals surface area contributed by atoms with Crippen LogP contribution >= 0.6 is 0 Å². The zero-order chi connectivity index (χ0) is 19.0. The van der Waals surface area contributed by atoms with E-state index in [-0.39, 0.29) is 0 Å². The van der Waals surface area contributed by atoms with Crippen molar-refractivity contribution in [2.75, 3.05) is 0 Å². The maximum Gasteiger partial charge on any atom is 0.244 e. The van der Waals surface area contributed by atoms with Crippen LogP contribution in [0.2, 0.25) is 0 Å². The first-order valence-corrected chi connectivity index (χ1v) is 10.0. The second-order valence-electron chi connectivity index (χ2n) is 7.33. The van der Waals surface area contributed by atoms with Gasteiger partial charge in [-0.05, 0) is 24.0 Å². The van der Waals surface area contributed by atoms with Gasteiger partial charge in [-0.15, -0.1) is 0 Å². The van der Waals surface area contributed by atoms with Crippen molar-refractivity contribution in [1.29, 1.82) is 0 Å². The number of hydrogen-bond acceptors (Lipinski definition) is 0. The number of unbranched alkanes of at least 4 members (excludes halogenated alkanes) is 1. The molecule has 4 aromatic rings. The van der Waals surface area contributed by atoms with Gasteiger partial charge in [0.2, 0.25) is 12.7 Å². The monoisotopic (exact) mass is 372 g/mol. The van der Waals surface area contributed by atoms with Crippen molar-refractivity contribution in [2.24, 2.45) is 0 Å². The fourth-order valence-electron chi connectivity index (χ4n) is 3.51. The van der Waals surface area contributed by atoms with Gasteiger partial charge in [0.25, 0.3) is 0 Å². The van der Waals surface area contributed by atoms with E-state index in [1.807, 2.05) is 0 Å². The van der Waals surface area contributed by atoms with Gasteiger partial charge in [-0.2, -0.15) is 0 Å². The Hall–Kier alpha value is -3.14. The first-order valence-electron chi connectivity index (χ1n) is 10.0. The molecule has 0 aliphatic carbocycles. The Morgan fingerprint density at radius 2 is 1.00 bits per heavy atom. The van der Waals surface area contributed by atoms with Crippen LogP contribution in [-0.2, 0) is 26.2 Å². The molecule has 0 spiro atoms. The van der Waals surface area contributed by atoms with Crippen molar-refractivity contribution in [3.8, 4) is 0 Å². The zero-order valence-electron chi connectivity index (χ0n) is 16.3. The number of hydrogen-bond donors (Lipinski definition) is 0. The van der Waals surface area contributed by atoms with Gasteiger partial charge < -0.3 is 0 Å². The molecule has 0 unspecified atom stereocenters. The minimum atomic E-state index is 0.929. The van der Waals surface area contributed by atoms with Gasteiger partial charge in [-0.25, -0.2) is 18.3 Å². The van der Waals surface area contributed by atoms with Crippen LogP contribution in [0, 0.1) is 0 Å². The van der Waals surface area contributed by atoms with E-state index in [0.29, 0.717) is 0 Å². The molecule has 0 aliphatic rings. The standard InChI is InChI=1S/C24H28N4/c1-3-9-23(10-4-1)19-27-17-15-25(21-27)13-7-8-14-26-16-18-28(22-26)20-24-11-5-2-6-12-24/h1-6,9-12,15-18,21-22H,7-8,13-14,19-20H2/q+2. The molecule has 0 amide bonds. The van der Waals surface area contributed by atoms with Crippen LogP contribution in [0.25, 0.3) is 0 Å². The smallest absolute Gasteiger partial charge is 0.237 e. The summed E-state index contributed by atoms with van der Waals surface area (Å²) in [5, 5.41) is 0. The topological polar surface area (TPSA) is 17.6 Å². The van der Waals surface area contributed by atoms with Crippen molar-refractivity contribution in [2.45, 2.75) is 39.0 Å². The van der Waals surface area contributed by atoms with Gasteiger partial charge in [-0.3, -0.25) is 0 Å². The van der Waals surface area contributed by atoms with Crippen LogP contribution in [0.15, 0.2) is 98.1 Å². The molecule has 0 saturated carbocycles. The van der Waals surface area contributed by atoms with E-state index >= 15 is 0 Å². The molecular weight excluding hydrogens is 344 g/mol. The maximum atomic E-state index is 2.29. The highest BCUT2D eigenvalue weighted by Gasteiger charge is 2.07. The second kappa shape index (κ2) is 9.18. The van der Waals surface area contributed by atoms with E-state index in [1.54, 1.807) is 0 Å². The van der Waals surface area contributed by atoms with Gasteiger partial charge >= 0.3 is 0 Å². The molecule has 0 atom stereocenters. The van der Waals surface area contributed by atoms with Crippen molar-refractivity contribution in [3.63, 3.8) is 0 Å². The Morgan fingerprint density at radius 1 is 0.571 bits per heavy atom. The maximum absolute atomic E-state index is 2.29. The predicted octanol–water partition coefficient (Wildman–Crippen LogP) is 3.44. The van der Waals surface area contributed by atoms with Crippen molar-refractivity contribution >= 4 is 0 Å². The first-order chi connectivity index (χ1) is 13.8. The fourth-order valence-corrected chi connectivity index (χ4v) is 3.51. The Labute approximate surface area is 166 Å². The average Bonchev–Trinajstić information content (AvgIpc) is 3.36. The normalized spacial score (nSPS) is 11.0. The predicted molar refractivity (Wildman–Crippen MR) is 110 cm³/mol. The summed E-state index contributed by atoms with van der Waals surface area (Å²) < 4.78 is 9.06. The van der Waals surface area contributed by atoms with E-state index in [2.05, 4.69) is 116 Å². The third kappa shape index (κ3) is 5.19. The summed E-state index contributed by atoms with van der Waals surface area (Å²) in [7, 11) is 0. The van der Waals surface area contributed by atoms with Gasteiger partial charge in [0.15, 0.2) is 0 Å². The quantitative estimate of drug-likeness (QED) is 0.316. The van der Waals surface area contributed by atoms with E-state index in [0.717, 1.165) is 26.2 Å². The number of aromatic nitrogens is 4. The summed E-state index contributed by atoms with van der Waals surface area (Å²) in [4.78, 5) is 0. The Bertz CT molecular complexity index is 888. The summed E-state index contributed by atoms with van der Waals surface area (Å²) >= 11 is 0. The lowest BCUT2D eigenvalue weighted by Gasteiger charge is -1.98. The molecular formula is C24H28N4+2. The molecule has 2 heterocycles. The van der Waals surface area contributed by atoms with E-state index < -0.39 is 0 Å². The molecule has 0 aliphatic heterocycles. The number of rotatable bonds is 9. The van der Waals surface area contributed by atoms with Crippen LogP contribution in [0.1, 0.15) is 24.0 Å². The van der Waals surface area contributed by atoms with E-state index in [9.17, 15) is 0 Å². The lowest BCUT2D eigenvalue weighted by atomic mass is 10.2. The van der Waals surface area contributed by atoms with Gasteiger partial charge in [0, 0.05) is 0 Å². The SMILES string of the molecule is c1ccc(C[n+]2ccn(CCCCn3cc[n+](Cc4ccccc4)c3)c2)cc1. The molecule has 142 valence electrons. The second-order valence-corrected chi connectivity index (χ2v) is 7.33. The molecule has 2 aromatic heterocycles. The van der Waals surface area contributed by atoms with Gasteiger partial charge in [-0.1, -0.05) is 60.7 Å². The molecule has 28 heavy (non-hydrogen) atoms. The minimum Gasteiger partial charge on any atom is -0.237 e. The molecule has 4 rings (SSSR count). The van der Waals surface area contributed by atoms with Gasteiger partial charge in [0.1, 0.15) is 37.9 Å². The third-order valence-corrected chi connectivity index (χ3v) is 4.99. The highest BCUT2D eigenvalue weighted by Crippen LogP contribution is 2.01. The van der Waals surface area contributed by atoms with Crippen LogP contribution in [-0.4, -0.2) is 9.13 Å². The molecule has 4 heteroatoms. The van der Waals surface area contributed by atoms with Gasteiger partial charge in [0.05, 0.1) is 13.1 Å². The van der Waals surface area contributed by atoms with Crippen LogP contribution < -0.4 is 9.13 Å².